The van der Waals surface area contributed by atoms with Gasteiger partial charge in [0.2, 0.25) is 5.91 Å². The van der Waals surface area contributed by atoms with Crippen LogP contribution in [-0.4, -0.2) is 52.4 Å². The number of hydrogen-bond donors (Lipinski definition) is 1. The standard InChI is InChI=1S/C22H28N4O2/c1-25-12-11-18-19(15-25)23-21(24-22(18)28)17-9-13-26(14-10-17)20(27)8-7-16-5-3-2-4-6-16/h2-6,17H,7-15H2,1H3,(H,23,24,28). The average Bonchev–Trinajstić information content (AvgIpc) is 2.72. The molecular formula is C22H28N4O2. The van der Waals surface area contributed by atoms with Gasteiger partial charge in [-0.1, -0.05) is 30.3 Å². The Morgan fingerprint density at radius 1 is 1.18 bits per heavy atom. The van der Waals surface area contributed by atoms with E-state index in [1.165, 1.54) is 5.56 Å². The van der Waals surface area contributed by atoms with Crippen molar-refractivity contribution < 1.29 is 4.79 Å². The number of likely N-dealkylation sites (tertiary alicyclic amines) is 1. The molecule has 0 unspecified atom stereocenters. The number of likely N-dealkylation sites (N-methyl/N-ethyl adjacent to an activating group) is 1. The minimum Gasteiger partial charge on any atom is -0.343 e. The highest BCUT2D eigenvalue weighted by Crippen LogP contribution is 2.26. The lowest BCUT2D eigenvalue weighted by Crippen LogP contribution is -2.39. The number of aromatic amines is 1. The Kier molecular flexibility index (Phi) is 5.57. The fourth-order valence-corrected chi connectivity index (χ4v) is 4.24. The van der Waals surface area contributed by atoms with Gasteiger partial charge in [-0.3, -0.25) is 9.59 Å². The van der Waals surface area contributed by atoms with E-state index >= 15 is 0 Å². The number of piperidine rings is 1. The summed E-state index contributed by atoms with van der Waals surface area (Å²) < 4.78 is 0. The highest BCUT2D eigenvalue weighted by molar-refractivity contribution is 5.76. The van der Waals surface area contributed by atoms with Gasteiger partial charge < -0.3 is 14.8 Å². The number of carbonyl (C=O) groups excluding carboxylic acids is 1. The molecule has 2 aromatic rings. The summed E-state index contributed by atoms with van der Waals surface area (Å²) >= 11 is 0. The number of hydrogen-bond acceptors (Lipinski definition) is 4. The van der Waals surface area contributed by atoms with Crippen LogP contribution in [0.15, 0.2) is 35.1 Å². The third-order valence-corrected chi connectivity index (χ3v) is 5.99. The maximum Gasteiger partial charge on any atom is 0.254 e. The summed E-state index contributed by atoms with van der Waals surface area (Å²) in [6.45, 7) is 3.11. The molecule has 0 atom stereocenters. The summed E-state index contributed by atoms with van der Waals surface area (Å²) in [5.74, 6) is 1.25. The normalized spacial score (nSPS) is 18.1. The van der Waals surface area contributed by atoms with E-state index in [0.717, 1.165) is 68.9 Å². The number of amides is 1. The molecule has 0 radical (unpaired) electrons. The van der Waals surface area contributed by atoms with Crippen molar-refractivity contribution in [1.82, 2.24) is 19.8 Å². The molecule has 1 fully saturated rings. The Morgan fingerprint density at radius 3 is 2.68 bits per heavy atom. The van der Waals surface area contributed by atoms with Gasteiger partial charge in [-0.2, -0.15) is 0 Å². The van der Waals surface area contributed by atoms with Crippen LogP contribution in [0.1, 0.15) is 47.8 Å². The molecule has 2 aliphatic rings. The highest BCUT2D eigenvalue weighted by atomic mass is 16.2. The van der Waals surface area contributed by atoms with E-state index in [4.69, 9.17) is 4.98 Å². The first-order valence-corrected chi connectivity index (χ1v) is 10.2. The Morgan fingerprint density at radius 2 is 1.93 bits per heavy atom. The Labute approximate surface area is 165 Å². The number of aromatic nitrogens is 2. The number of aryl methyl sites for hydroxylation is 1. The molecule has 6 heteroatoms. The van der Waals surface area contributed by atoms with Crippen molar-refractivity contribution in [3.05, 3.63) is 63.3 Å². The van der Waals surface area contributed by atoms with Crippen molar-refractivity contribution in [2.45, 2.75) is 44.6 Å². The molecule has 148 valence electrons. The fourth-order valence-electron chi connectivity index (χ4n) is 4.24. The molecule has 1 saturated heterocycles. The smallest absolute Gasteiger partial charge is 0.254 e. The first kappa shape index (κ1) is 18.9. The lowest BCUT2D eigenvalue weighted by atomic mass is 9.95. The van der Waals surface area contributed by atoms with Crippen LogP contribution in [0.2, 0.25) is 0 Å². The van der Waals surface area contributed by atoms with Crippen LogP contribution in [0, 0.1) is 0 Å². The van der Waals surface area contributed by atoms with Gasteiger partial charge in [-0.25, -0.2) is 4.98 Å². The Balaban J connectivity index is 1.35. The minimum absolute atomic E-state index is 0.0227. The van der Waals surface area contributed by atoms with Crippen LogP contribution in [0.4, 0.5) is 0 Å². The summed E-state index contributed by atoms with van der Waals surface area (Å²) in [6, 6.07) is 10.1. The molecule has 0 bridgehead atoms. The molecule has 1 amide bonds. The van der Waals surface area contributed by atoms with Gasteiger partial charge in [0.15, 0.2) is 0 Å². The molecule has 0 spiro atoms. The molecule has 2 aliphatic heterocycles. The van der Waals surface area contributed by atoms with Crippen LogP contribution in [0.25, 0.3) is 0 Å². The predicted octanol–water partition coefficient (Wildman–Crippen LogP) is 2.10. The van der Waals surface area contributed by atoms with Crippen molar-refractivity contribution >= 4 is 5.91 Å². The van der Waals surface area contributed by atoms with Crippen LogP contribution in [0.5, 0.6) is 0 Å². The van der Waals surface area contributed by atoms with Gasteiger partial charge in [0.1, 0.15) is 5.82 Å². The highest BCUT2D eigenvalue weighted by Gasteiger charge is 2.27. The van der Waals surface area contributed by atoms with Crippen LogP contribution >= 0.6 is 0 Å². The van der Waals surface area contributed by atoms with Gasteiger partial charge >= 0.3 is 0 Å². The largest absolute Gasteiger partial charge is 0.343 e. The van der Waals surface area contributed by atoms with E-state index in [9.17, 15) is 9.59 Å². The second-order valence-electron chi connectivity index (χ2n) is 8.00. The SMILES string of the molecule is CN1CCc2c(nc(C3CCN(C(=O)CCc4ccccc4)CC3)[nH]c2=O)C1. The maximum absolute atomic E-state index is 12.5. The minimum atomic E-state index is 0.0227. The van der Waals surface area contributed by atoms with E-state index in [-0.39, 0.29) is 17.4 Å². The number of nitrogens with zero attached hydrogens (tertiary/aromatic N) is 3. The number of H-pyrrole nitrogens is 1. The third kappa shape index (κ3) is 4.17. The third-order valence-electron chi connectivity index (χ3n) is 5.99. The fraction of sp³-hybridized carbons (Fsp3) is 0.500. The molecule has 3 heterocycles. The lowest BCUT2D eigenvalue weighted by molar-refractivity contribution is -0.132. The summed E-state index contributed by atoms with van der Waals surface area (Å²) in [6.07, 6.45) is 3.81. The lowest BCUT2D eigenvalue weighted by Gasteiger charge is -2.32. The number of fused-ring (bicyclic) bond motifs is 1. The molecule has 1 aromatic heterocycles. The van der Waals surface area contributed by atoms with Gasteiger partial charge in [0.05, 0.1) is 5.69 Å². The molecule has 0 saturated carbocycles. The van der Waals surface area contributed by atoms with Crippen LogP contribution < -0.4 is 5.56 Å². The molecule has 28 heavy (non-hydrogen) atoms. The number of carbonyl (C=O) groups is 1. The van der Waals surface area contributed by atoms with E-state index < -0.39 is 0 Å². The van der Waals surface area contributed by atoms with Gasteiger partial charge in [-0.05, 0) is 38.3 Å². The van der Waals surface area contributed by atoms with Crippen molar-refractivity contribution in [3.63, 3.8) is 0 Å². The first-order valence-electron chi connectivity index (χ1n) is 10.2. The van der Waals surface area contributed by atoms with Crippen molar-refractivity contribution in [3.8, 4) is 0 Å². The second-order valence-corrected chi connectivity index (χ2v) is 8.00. The molecule has 1 N–H and O–H groups in total. The Hall–Kier alpha value is -2.47. The molecule has 4 rings (SSSR count). The van der Waals surface area contributed by atoms with E-state index in [1.54, 1.807) is 0 Å². The summed E-state index contributed by atoms with van der Waals surface area (Å²) in [4.78, 5) is 37.0. The zero-order chi connectivity index (χ0) is 19.5. The van der Waals surface area contributed by atoms with E-state index in [1.807, 2.05) is 23.1 Å². The topological polar surface area (TPSA) is 69.3 Å². The van der Waals surface area contributed by atoms with Gasteiger partial charge in [0.25, 0.3) is 5.56 Å². The zero-order valence-electron chi connectivity index (χ0n) is 16.5. The molecule has 1 aromatic carbocycles. The van der Waals surface area contributed by atoms with Gasteiger partial charge in [0, 0.05) is 44.1 Å². The number of nitrogens with one attached hydrogen (secondary N) is 1. The molecular weight excluding hydrogens is 352 g/mol. The van der Waals surface area contributed by atoms with Crippen molar-refractivity contribution in [1.29, 1.82) is 0 Å². The van der Waals surface area contributed by atoms with E-state index in [2.05, 4.69) is 29.1 Å². The summed E-state index contributed by atoms with van der Waals surface area (Å²) in [5, 5.41) is 0. The number of rotatable bonds is 4. The van der Waals surface area contributed by atoms with Gasteiger partial charge in [-0.15, -0.1) is 0 Å². The molecule has 6 nitrogen and oxygen atoms in total. The van der Waals surface area contributed by atoms with Crippen LogP contribution in [-0.2, 0) is 24.2 Å². The number of benzene rings is 1. The summed E-state index contributed by atoms with van der Waals surface area (Å²) in [7, 11) is 2.06. The second kappa shape index (κ2) is 8.27. The van der Waals surface area contributed by atoms with Crippen molar-refractivity contribution in [2.24, 2.45) is 0 Å². The monoisotopic (exact) mass is 380 g/mol. The average molecular weight is 380 g/mol. The first-order chi connectivity index (χ1) is 13.6. The van der Waals surface area contributed by atoms with Crippen molar-refractivity contribution in [2.75, 3.05) is 26.7 Å². The predicted molar refractivity (Wildman–Crippen MR) is 108 cm³/mol. The Bertz CT molecular complexity index is 885. The zero-order valence-corrected chi connectivity index (χ0v) is 16.5. The maximum atomic E-state index is 12.5. The molecule has 0 aliphatic carbocycles. The summed E-state index contributed by atoms with van der Waals surface area (Å²) in [5.41, 5.74) is 2.99. The van der Waals surface area contributed by atoms with Crippen LogP contribution in [0.3, 0.4) is 0 Å². The van der Waals surface area contributed by atoms with E-state index in [0.29, 0.717) is 6.42 Å². The quantitative estimate of drug-likeness (QED) is 0.882.